The van der Waals surface area contributed by atoms with Crippen LogP contribution in [0.1, 0.15) is 40.0 Å². The normalized spacial score (nSPS) is 33.5. The Hall–Kier alpha value is 2.48. The molecule has 0 aromatic heterocycles. The molecule has 0 saturated heterocycles. The molecular weight excluding hydrogens is 216 g/mol. The molecule has 0 spiro atoms. The molecule has 1 nitrogen and oxygen atoms in total. The molecule has 0 radical (unpaired) electrons. The van der Waals surface area contributed by atoms with Gasteiger partial charge in [0.05, 0.1) is 6.10 Å². The fraction of sp³-hybridized carbons (Fsp3) is 1.00. The van der Waals surface area contributed by atoms with Crippen molar-refractivity contribution in [1.29, 1.82) is 0 Å². The molecule has 1 saturated carbocycles. The van der Waals surface area contributed by atoms with Crippen molar-refractivity contribution in [2.24, 2.45) is 17.8 Å². The van der Waals surface area contributed by atoms with Crippen LogP contribution in [0.15, 0.2) is 0 Å². The first kappa shape index (κ1) is 17.9. The molecule has 1 aliphatic rings. The Balaban J connectivity index is 0. The minimum absolute atomic E-state index is 0. The van der Waals surface area contributed by atoms with E-state index in [1.807, 2.05) is 0 Å². The van der Waals surface area contributed by atoms with Crippen LogP contribution in [0.2, 0.25) is 0 Å². The van der Waals surface area contributed by atoms with Gasteiger partial charge in [0.15, 0.2) is 0 Å². The van der Waals surface area contributed by atoms with Crippen LogP contribution in [0.4, 0.5) is 0 Å². The summed E-state index contributed by atoms with van der Waals surface area (Å²) < 4.78 is 0. The molecule has 0 amide bonds. The van der Waals surface area contributed by atoms with Crippen LogP contribution in [0, 0.1) is 17.8 Å². The van der Waals surface area contributed by atoms with Crippen molar-refractivity contribution in [3.63, 3.8) is 0 Å². The fourth-order valence-corrected chi connectivity index (χ4v) is 2.15. The zero-order valence-electron chi connectivity index (χ0n) is 7.88. The van der Waals surface area contributed by atoms with Crippen LogP contribution in [-0.2, 0) is 0 Å². The minimum atomic E-state index is -0.0289. The van der Waals surface area contributed by atoms with Crippen molar-refractivity contribution in [2.45, 2.75) is 46.1 Å². The van der Waals surface area contributed by atoms with Gasteiger partial charge in [-0.2, -0.15) is 0 Å². The van der Waals surface area contributed by atoms with E-state index >= 15 is 0 Å². The van der Waals surface area contributed by atoms with E-state index in [0.29, 0.717) is 11.8 Å². The first-order valence-corrected chi connectivity index (χ1v) is 4.79. The monoisotopic (exact) mass is 240 g/mol. The van der Waals surface area contributed by atoms with Crippen LogP contribution in [0.25, 0.3) is 0 Å². The summed E-state index contributed by atoms with van der Waals surface area (Å²) in [4.78, 5) is 0. The molecule has 1 rings (SSSR count). The van der Waals surface area contributed by atoms with Gasteiger partial charge in [-0.15, -0.1) is 0 Å². The van der Waals surface area contributed by atoms with Crippen molar-refractivity contribution in [1.82, 2.24) is 0 Å². The second kappa shape index (κ2) is 8.61. The van der Waals surface area contributed by atoms with E-state index < -0.39 is 0 Å². The summed E-state index contributed by atoms with van der Waals surface area (Å²) in [6.07, 6.45) is 3.52. The predicted molar refractivity (Wildman–Crippen MR) is 64.4 cm³/mol. The molecule has 3 unspecified atom stereocenters. The molecular formula is C10H24Ca2O. The van der Waals surface area contributed by atoms with E-state index in [1.165, 1.54) is 12.8 Å². The maximum atomic E-state index is 9.71. The molecule has 0 bridgehead atoms. The molecule has 74 valence electrons. The Bertz CT molecular complexity index is 128. The summed E-state index contributed by atoms with van der Waals surface area (Å²) >= 11 is 0. The Morgan fingerprint density at radius 1 is 1.15 bits per heavy atom. The van der Waals surface area contributed by atoms with Crippen LogP contribution >= 0.6 is 0 Å². The van der Waals surface area contributed by atoms with E-state index in [-0.39, 0.29) is 81.6 Å². The molecule has 3 atom stereocenters. The Labute approximate surface area is 142 Å². The van der Waals surface area contributed by atoms with Gasteiger partial charge < -0.3 is 5.11 Å². The van der Waals surface area contributed by atoms with Gasteiger partial charge in [0, 0.05) is 0 Å². The Morgan fingerprint density at radius 2 is 1.69 bits per heavy atom. The predicted octanol–water partition coefficient (Wildman–Crippen LogP) is 0.607. The van der Waals surface area contributed by atoms with Crippen molar-refractivity contribution in [3.8, 4) is 0 Å². The molecule has 0 aromatic carbocycles. The average Bonchev–Trinajstić information content (AvgIpc) is 1.85. The summed E-state index contributed by atoms with van der Waals surface area (Å²) in [5.41, 5.74) is 0. The zero-order chi connectivity index (χ0) is 8.43. The first-order chi connectivity index (χ1) is 5.11. The van der Waals surface area contributed by atoms with Gasteiger partial charge in [0.25, 0.3) is 0 Å². The fourth-order valence-electron chi connectivity index (χ4n) is 2.15. The first-order valence-electron chi connectivity index (χ1n) is 4.79. The second-order valence-electron chi connectivity index (χ2n) is 4.39. The van der Waals surface area contributed by atoms with E-state index in [1.54, 1.807) is 0 Å². The van der Waals surface area contributed by atoms with E-state index in [0.717, 1.165) is 12.3 Å². The van der Waals surface area contributed by atoms with Crippen LogP contribution in [0.5, 0.6) is 0 Å². The third-order valence-corrected chi connectivity index (χ3v) is 2.99. The van der Waals surface area contributed by atoms with Gasteiger partial charge in [0.1, 0.15) is 0 Å². The second-order valence-corrected chi connectivity index (χ2v) is 4.39. The molecule has 0 heterocycles. The molecule has 0 aliphatic heterocycles. The van der Waals surface area contributed by atoms with Gasteiger partial charge in [-0.1, -0.05) is 27.2 Å². The van der Waals surface area contributed by atoms with Crippen LogP contribution < -0.4 is 0 Å². The third-order valence-electron chi connectivity index (χ3n) is 2.99. The molecule has 13 heavy (non-hydrogen) atoms. The molecule has 1 fully saturated rings. The van der Waals surface area contributed by atoms with Gasteiger partial charge in [-0.3, -0.25) is 0 Å². The summed E-state index contributed by atoms with van der Waals surface area (Å²) in [6, 6.07) is 0. The van der Waals surface area contributed by atoms with Crippen molar-refractivity contribution >= 4 is 75.5 Å². The van der Waals surface area contributed by atoms with Crippen LogP contribution in [-0.4, -0.2) is 86.7 Å². The quantitative estimate of drug-likeness (QED) is 0.666. The van der Waals surface area contributed by atoms with Crippen molar-refractivity contribution < 1.29 is 5.11 Å². The van der Waals surface area contributed by atoms with Gasteiger partial charge in [0.2, 0.25) is 0 Å². The SMILES string of the molecule is CC1CCC(C(C)C)C(O)C1.[CaH2].[CaH2]. The maximum absolute atomic E-state index is 9.71. The Morgan fingerprint density at radius 3 is 2.08 bits per heavy atom. The summed E-state index contributed by atoms with van der Waals surface area (Å²) in [5, 5.41) is 9.71. The topological polar surface area (TPSA) is 20.2 Å². The van der Waals surface area contributed by atoms with Gasteiger partial charge in [-0.25, -0.2) is 0 Å². The summed E-state index contributed by atoms with van der Waals surface area (Å²) in [6.45, 7) is 6.66. The number of aliphatic hydroxyl groups is 1. The van der Waals surface area contributed by atoms with Gasteiger partial charge in [-0.05, 0) is 30.6 Å². The Kier molecular flexibility index (Phi) is 11.8. The van der Waals surface area contributed by atoms with Gasteiger partial charge >= 0.3 is 75.5 Å². The molecule has 0 aromatic rings. The molecule has 1 N–H and O–H groups in total. The summed E-state index contributed by atoms with van der Waals surface area (Å²) in [7, 11) is 0. The molecule has 3 heteroatoms. The van der Waals surface area contributed by atoms with E-state index in [9.17, 15) is 5.11 Å². The number of hydrogen-bond donors (Lipinski definition) is 1. The van der Waals surface area contributed by atoms with Crippen LogP contribution in [0.3, 0.4) is 0 Å². The molecule has 1 aliphatic carbocycles. The summed E-state index contributed by atoms with van der Waals surface area (Å²) in [5.74, 6) is 1.95. The van der Waals surface area contributed by atoms with E-state index in [2.05, 4.69) is 20.8 Å². The number of hydrogen-bond acceptors (Lipinski definition) is 1. The number of rotatable bonds is 1. The standard InChI is InChI=1S/C10H20O.2Ca.4H/c1-7(2)9-5-4-8(3)6-10(9)11;;;;;;/h7-11H,4-6H2,1-3H3;;;;;;. The zero-order valence-corrected chi connectivity index (χ0v) is 7.88. The number of aliphatic hydroxyl groups excluding tert-OH is 1. The van der Waals surface area contributed by atoms with E-state index in [4.69, 9.17) is 0 Å². The van der Waals surface area contributed by atoms with Crippen molar-refractivity contribution in [3.05, 3.63) is 0 Å². The third kappa shape index (κ3) is 5.94. The average molecular weight is 240 g/mol. The van der Waals surface area contributed by atoms with Crippen molar-refractivity contribution in [2.75, 3.05) is 0 Å².